The van der Waals surface area contributed by atoms with Gasteiger partial charge >= 0.3 is 0 Å². The lowest BCUT2D eigenvalue weighted by atomic mass is 10.00. The highest BCUT2D eigenvalue weighted by Gasteiger charge is 2.17. The maximum absolute atomic E-state index is 12.2. The SMILES string of the molecule is Cc1ccc(S(N)(=O)=O)cc1C(=O)NCC1CCOCC1. The standard InChI is InChI=1S/C14H20N2O4S/c1-10-2-3-12(21(15,18)19)8-13(10)14(17)16-9-11-4-6-20-7-5-11/h2-3,8,11H,4-7,9H2,1H3,(H,16,17)(H2,15,18,19). The lowest BCUT2D eigenvalue weighted by Crippen LogP contribution is -2.32. The molecule has 0 aromatic heterocycles. The summed E-state index contributed by atoms with van der Waals surface area (Å²) in [5.41, 5.74) is 1.06. The molecule has 0 saturated carbocycles. The summed E-state index contributed by atoms with van der Waals surface area (Å²) in [6.07, 6.45) is 1.85. The van der Waals surface area contributed by atoms with Crippen LogP contribution in [0.3, 0.4) is 0 Å². The Hall–Kier alpha value is -1.44. The van der Waals surface area contributed by atoms with E-state index in [2.05, 4.69) is 5.32 Å². The molecule has 1 aromatic carbocycles. The second kappa shape index (κ2) is 6.55. The summed E-state index contributed by atoms with van der Waals surface area (Å²) in [4.78, 5) is 12.2. The first-order chi connectivity index (χ1) is 9.88. The van der Waals surface area contributed by atoms with Gasteiger partial charge in [-0.25, -0.2) is 13.6 Å². The van der Waals surface area contributed by atoms with Crippen molar-refractivity contribution in [1.82, 2.24) is 5.32 Å². The van der Waals surface area contributed by atoms with Gasteiger partial charge in [0.2, 0.25) is 10.0 Å². The number of carbonyl (C=O) groups excluding carboxylic acids is 1. The number of amides is 1. The normalized spacial score (nSPS) is 16.7. The second-order valence-corrected chi connectivity index (χ2v) is 6.85. The molecule has 0 bridgehead atoms. The number of nitrogens with two attached hydrogens (primary N) is 1. The third kappa shape index (κ3) is 4.26. The Balaban J connectivity index is 2.07. The van der Waals surface area contributed by atoms with Crippen LogP contribution in [-0.4, -0.2) is 34.1 Å². The van der Waals surface area contributed by atoms with Gasteiger partial charge in [0.15, 0.2) is 0 Å². The van der Waals surface area contributed by atoms with E-state index in [1.165, 1.54) is 12.1 Å². The highest BCUT2D eigenvalue weighted by Crippen LogP contribution is 2.16. The first kappa shape index (κ1) is 15.9. The molecule has 1 saturated heterocycles. The van der Waals surface area contributed by atoms with Crippen molar-refractivity contribution in [2.45, 2.75) is 24.7 Å². The molecule has 0 spiro atoms. The Kier molecular flexibility index (Phi) is 4.97. The molecule has 0 atom stereocenters. The molecule has 1 aliphatic heterocycles. The fourth-order valence-electron chi connectivity index (χ4n) is 2.31. The molecule has 0 aliphatic carbocycles. The second-order valence-electron chi connectivity index (χ2n) is 5.29. The molecule has 0 radical (unpaired) electrons. The fourth-order valence-corrected chi connectivity index (χ4v) is 2.85. The number of ether oxygens (including phenoxy) is 1. The molecular formula is C14H20N2O4S. The largest absolute Gasteiger partial charge is 0.381 e. The van der Waals surface area contributed by atoms with Crippen molar-refractivity contribution in [3.8, 4) is 0 Å². The molecule has 1 aliphatic rings. The van der Waals surface area contributed by atoms with Crippen molar-refractivity contribution in [3.05, 3.63) is 29.3 Å². The van der Waals surface area contributed by atoms with Crippen LogP contribution in [0.4, 0.5) is 0 Å². The topological polar surface area (TPSA) is 98.5 Å². The summed E-state index contributed by atoms with van der Waals surface area (Å²) >= 11 is 0. The lowest BCUT2D eigenvalue weighted by molar-refractivity contribution is 0.0642. The Morgan fingerprint density at radius 1 is 1.38 bits per heavy atom. The van der Waals surface area contributed by atoms with Gasteiger partial charge in [0.25, 0.3) is 5.91 Å². The molecule has 21 heavy (non-hydrogen) atoms. The van der Waals surface area contributed by atoms with Crippen molar-refractivity contribution in [2.24, 2.45) is 11.1 Å². The third-order valence-electron chi connectivity index (χ3n) is 3.67. The Morgan fingerprint density at radius 3 is 2.67 bits per heavy atom. The number of aryl methyl sites for hydroxylation is 1. The molecule has 116 valence electrons. The van der Waals surface area contributed by atoms with Crippen molar-refractivity contribution in [3.63, 3.8) is 0 Å². The fraction of sp³-hybridized carbons (Fsp3) is 0.500. The average Bonchev–Trinajstić information content (AvgIpc) is 2.45. The number of nitrogens with one attached hydrogen (secondary N) is 1. The number of hydrogen-bond donors (Lipinski definition) is 2. The molecule has 0 unspecified atom stereocenters. The highest BCUT2D eigenvalue weighted by molar-refractivity contribution is 7.89. The van der Waals surface area contributed by atoms with Gasteiger partial charge in [0, 0.05) is 25.3 Å². The predicted molar refractivity (Wildman–Crippen MR) is 78.4 cm³/mol. The third-order valence-corrected chi connectivity index (χ3v) is 4.59. The first-order valence-corrected chi connectivity index (χ1v) is 8.42. The van der Waals surface area contributed by atoms with E-state index in [9.17, 15) is 13.2 Å². The van der Waals surface area contributed by atoms with Crippen LogP contribution < -0.4 is 10.5 Å². The van der Waals surface area contributed by atoms with E-state index in [1.807, 2.05) is 0 Å². The Morgan fingerprint density at radius 2 is 2.05 bits per heavy atom. The van der Waals surface area contributed by atoms with E-state index >= 15 is 0 Å². The van der Waals surface area contributed by atoms with Crippen molar-refractivity contribution < 1.29 is 17.9 Å². The van der Waals surface area contributed by atoms with Crippen LogP contribution in [0.15, 0.2) is 23.1 Å². The summed E-state index contributed by atoms with van der Waals surface area (Å²) in [5.74, 6) is 0.133. The number of rotatable bonds is 4. The van der Waals surface area contributed by atoms with Crippen LogP contribution in [0, 0.1) is 12.8 Å². The number of hydrogen-bond acceptors (Lipinski definition) is 4. The summed E-state index contributed by atoms with van der Waals surface area (Å²) in [6.45, 7) is 3.78. The molecule has 2 rings (SSSR count). The van der Waals surface area contributed by atoms with Gasteiger partial charge in [0.1, 0.15) is 0 Å². The molecule has 6 nitrogen and oxygen atoms in total. The average molecular weight is 312 g/mol. The van der Waals surface area contributed by atoms with E-state index in [-0.39, 0.29) is 10.8 Å². The van der Waals surface area contributed by atoms with Crippen molar-refractivity contribution in [2.75, 3.05) is 19.8 Å². The van der Waals surface area contributed by atoms with E-state index in [1.54, 1.807) is 13.0 Å². The van der Waals surface area contributed by atoms with E-state index in [4.69, 9.17) is 9.88 Å². The molecule has 1 fully saturated rings. The number of carbonyl (C=O) groups is 1. The van der Waals surface area contributed by atoms with Gasteiger partial charge in [-0.2, -0.15) is 0 Å². The Bertz CT molecular complexity index is 622. The maximum atomic E-state index is 12.2. The smallest absolute Gasteiger partial charge is 0.251 e. The minimum atomic E-state index is -3.81. The summed E-state index contributed by atoms with van der Waals surface area (Å²) in [5, 5.41) is 7.95. The Labute approximate surface area is 124 Å². The zero-order valence-electron chi connectivity index (χ0n) is 12.0. The van der Waals surface area contributed by atoms with E-state index < -0.39 is 10.0 Å². The zero-order valence-corrected chi connectivity index (χ0v) is 12.8. The molecular weight excluding hydrogens is 292 g/mol. The number of benzene rings is 1. The molecule has 3 N–H and O–H groups in total. The predicted octanol–water partition coefficient (Wildman–Crippen LogP) is 0.799. The van der Waals surface area contributed by atoms with Gasteiger partial charge in [0.05, 0.1) is 4.90 Å². The van der Waals surface area contributed by atoms with Crippen molar-refractivity contribution in [1.29, 1.82) is 0 Å². The van der Waals surface area contributed by atoms with Crippen LogP contribution in [0.5, 0.6) is 0 Å². The van der Waals surface area contributed by atoms with Gasteiger partial charge in [-0.1, -0.05) is 6.07 Å². The number of primary sulfonamides is 1. The van der Waals surface area contributed by atoms with Crippen LogP contribution in [0.2, 0.25) is 0 Å². The van der Waals surface area contributed by atoms with Crippen LogP contribution in [0.1, 0.15) is 28.8 Å². The minimum Gasteiger partial charge on any atom is -0.381 e. The van der Waals surface area contributed by atoms with Crippen LogP contribution in [0.25, 0.3) is 0 Å². The lowest BCUT2D eigenvalue weighted by Gasteiger charge is -2.22. The van der Waals surface area contributed by atoms with Gasteiger partial charge in [-0.3, -0.25) is 4.79 Å². The van der Waals surface area contributed by atoms with Crippen molar-refractivity contribution >= 4 is 15.9 Å². The molecule has 1 heterocycles. The highest BCUT2D eigenvalue weighted by atomic mass is 32.2. The summed E-state index contributed by atoms with van der Waals surface area (Å²) < 4.78 is 28.0. The quantitative estimate of drug-likeness (QED) is 0.859. The zero-order chi connectivity index (χ0) is 15.5. The maximum Gasteiger partial charge on any atom is 0.251 e. The monoisotopic (exact) mass is 312 g/mol. The van der Waals surface area contributed by atoms with Crippen LogP contribution in [-0.2, 0) is 14.8 Å². The molecule has 1 amide bonds. The molecule has 1 aromatic rings. The van der Waals surface area contributed by atoms with Gasteiger partial charge in [-0.15, -0.1) is 0 Å². The van der Waals surface area contributed by atoms with Gasteiger partial charge in [-0.05, 0) is 43.4 Å². The summed E-state index contributed by atoms with van der Waals surface area (Å²) in [6, 6.07) is 4.31. The first-order valence-electron chi connectivity index (χ1n) is 6.87. The summed E-state index contributed by atoms with van der Waals surface area (Å²) in [7, 11) is -3.81. The number of sulfonamides is 1. The van der Waals surface area contributed by atoms with Gasteiger partial charge < -0.3 is 10.1 Å². The van der Waals surface area contributed by atoms with E-state index in [0.29, 0.717) is 23.6 Å². The van der Waals surface area contributed by atoms with E-state index in [0.717, 1.165) is 26.1 Å². The van der Waals surface area contributed by atoms with Crippen LogP contribution >= 0.6 is 0 Å². The minimum absolute atomic E-state index is 0.0516. The molecule has 7 heteroatoms.